The molecule has 0 aliphatic heterocycles. The van der Waals surface area contributed by atoms with Gasteiger partial charge in [-0.3, -0.25) is 19.2 Å². The Balaban J connectivity index is 2.44. The summed E-state index contributed by atoms with van der Waals surface area (Å²) in [6.45, 7) is 3.41. The van der Waals surface area contributed by atoms with E-state index >= 15 is 0 Å². The topological polar surface area (TPSA) is 68.3 Å². The molecular weight excluding hydrogens is 232 g/mol. The van der Waals surface area contributed by atoms with E-state index in [9.17, 15) is 19.2 Å². The fourth-order valence-corrected chi connectivity index (χ4v) is 2.22. The summed E-state index contributed by atoms with van der Waals surface area (Å²) in [6.07, 6.45) is 4.38. The quantitative estimate of drug-likeness (QED) is 0.512. The van der Waals surface area contributed by atoms with Gasteiger partial charge >= 0.3 is 0 Å². The zero-order valence-corrected chi connectivity index (χ0v) is 10.1. The molecule has 0 bridgehead atoms. The molecule has 0 saturated heterocycles. The Morgan fingerprint density at radius 3 is 2.28 bits per heavy atom. The Kier molecular flexibility index (Phi) is 2.95. The van der Waals surface area contributed by atoms with Crippen molar-refractivity contribution >= 4 is 23.1 Å². The molecule has 4 nitrogen and oxygen atoms in total. The highest BCUT2D eigenvalue weighted by atomic mass is 16.2. The lowest BCUT2D eigenvalue weighted by Crippen LogP contribution is -2.33. The molecule has 2 aliphatic rings. The third-order valence-electron chi connectivity index (χ3n) is 3.07. The molecular formula is C14H12O4. The van der Waals surface area contributed by atoms with E-state index in [4.69, 9.17) is 0 Å². The zero-order valence-electron chi connectivity index (χ0n) is 10.1. The van der Waals surface area contributed by atoms with Gasteiger partial charge in [-0.1, -0.05) is 11.6 Å². The molecule has 0 amide bonds. The molecule has 0 radical (unpaired) electrons. The second kappa shape index (κ2) is 4.29. The van der Waals surface area contributed by atoms with Crippen LogP contribution < -0.4 is 0 Å². The van der Waals surface area contributed by atoms with Crippen LogP contribution in [0.1, 0.15) is 20.3 Å². The van der Waals surface area contributed by atoms with E-state index in [0.717, 1.165) is 5.57 Å². The summed E-state index contributed by atoms with van der Waals surface area (Å²) >= 11 is 0. The van der Waals surface area contributed by atoms with Crippen molar-refractivity contribution < 1.29 is 19.2 Å². The van der Waals surface area contributed by atoms with E-state index in [1.165, 1.54) is 18.2 Å². The molecule has 0 N–H and O–H groups in total. The Morgan fingerprint density at radius 1 is 0.944 bits per heavy atom. The van der Waals surface area contributed by atoms with Crippen molar-refractivity contribution in [3.05, 3.63) is 34.9 Å². The zero-order chi connectivity index (χ0) is 13.4. The number of rotatable bonds is 1. The molecule has 92 valence electrons. The standard InChI is InChI=1S/C14H12O4/c1-7-3-9(13(17)11(15)5-7)10-4-8(2)6-12(16)14(10)18/h3,5-6,10H,4H2,1-2H3. The first-order valence-electron chi connectivity index (χ1n) is 5.64. The number of Topliss-reactive ketones (excluding diaryl/α,β-unsaturated/α-hetero) is 2. The van der Waals surface area contributed by atoms with Crippen LogP contribution in [-0.2, 0) is 19.2 Å². The third-order valence-corrected chi connectivity index (χ3v) is 3.07. The SMILES string of the molecule is CC1=CC(=O)C(=O)C(C2CC(C)=CC(=O)C2=O)=C1. The predicted octanol–water partition coefficient (Wildman–Crippen LogP) is 1.12. The predicted molar refractivity (Wildman–Crippen MR) is 63.7 cm³/mol. The number of ketones is 4. The largest absolute Gasteiger partial charge is 0.290 e. The van der Waals surface area contributed by atoms with E-state index in [-0.39, 0.29) is 5.57 Å². The van der Waals surface area contributed by atoms with Gasteiger partial charge in [0.05, 0.1) is 5.92 Å². The van der Waals surface area contributed by atoms with E-state index in [2.05, 4.69) is 0 Å². The van der Waals surface area contributed by atoms with E-state index < -0.39 is 29.1 Å². The van der Waals surface area contributed by atoms with Crippen LogP contribution in [0.4, 0.5) is 0 Å². The maximum atomic E-state index is 11.8. The van der Waals surface area contributed by atoms with Gasteiger partial charge in [-0.15, -0.1) is 0 Å². The summed E-state index contributed by atoms with van der Waals surface area (Å²) in [5.41, 5.74) is 1.52. The average Bonchev–Trinajstić information content (AvgIpc) is 2.28. The van der Waals surface area contributed by atoms with Crippen LogP contribution in [0.25, 0.3) is 0 Å². The molecule has 0 aromatic heterocycles. The number of allylic oxidation sites excluding steroid dienone is 6. The van der Waals surface area contributed by atoms with Crippen molar-refractivity contribution in [3.63, 3.8) is 0 Å². The van der Waals surface area contributed by atoms with Gasteiger partial charge in [0.2, 0.25) is 23.1 Å². The normalized spacial score (nSPS) is 24.8. The van der Waals surface area contributed by atoms with Crippen LogP contribution >= 0.6 is 0 Å². The van der Waals surface area contributed by atoms with Gasteiger partial charge in [0.1, 0.15) is 0 Å². The van der Waals surface area contributed by atoms with Crippen molar-refractivity contribution in [2.24, 2.45) is 5.92 Å². The molecule has 0 heterocycles. The van der Waals surface area contributed by atoms with Crippen LogP contribution in [0, 0.1) is 5.92 Å². The molecule has 0 aromatic rings. The van der Waals surface area contributed by atoms with E-state index in [1.54, 1.807) is 13.8 Å². The summed E-state index contributed by atoms with van der Waals surface area (Å²) in [6, 6.07) is 0. The number of carbonyl (C=O) groups is 4. The first-order valence-corrected chi connectivity index (χ1v) is 5.64. The van der Waals surface area contributed by atoms with E-state index in [1.807, 2.05) is 0 Å². The second-order valence-electron chi connectivity index (χ2n) is 4.66. The van der Waals surface area contributed by atoms with Crippen molar-refractivity contribution in [1.82, 2.24) is 0 Å². The molecule has 18 heavy (non-hydrogen) atoms. The minimum Gasteiger partial charge on any atom is -0.290 e. The Morgan fingerprint density at radius 2 is 1.61 bits per heavy atom. The lowest BCUT2D eigenvalue weighted by Gasteiger charge is -2.22. The fourth-order valence-electron chi connectivity index (χ4n) is 2.22. The number of carbonyl (C=O) groups excluding carboxylic acids is 4. The highest BCUT2D eigenvalue weighted by Crippen LogP contribution is 2.29. The van der Waals surface area contributed by atoms with Crippen molar-refractivity contribution in [1.29, 1.82) is 0 Å². The molecule has 0 aromatic carbocycles. The molecule has 2 rings (SSSR count). The van der Waals surface area contributed by atoms with Gasteiger partial charge in [-0.25, -0.2) is 0 Å². The Bertz CT molecular complexity index is 573. The maximum absolute atomic E-state index is 11.8. The molecule has 1 atom stereocenters. The first-order chi connectivity index (χ1) is 8.40. The van der Waals surface area contributed by atoms with Gasteiger partial charge in [0.25, 0.3) is 0 Å². The number of hydrogen-bond acceptors (Lipinski definition) is 4. The summed E-state index contributed by atoms with van der Waals surface area (Å²) in [5, 5.41) is 0. The lowest BCUT2D eigenvalue weighted by atomic mass is 9.78. The summed E-state index contributed by atoms with van der Waals surface area (Å²) in [5.74, 6) is -3.32. The van der Waals surface area contributed by atoms with Crippen molar-refractivity contribution in [2.75, 3.05) is 0 Å². The highest BCUT2D eigenvalue weighted by Gasteiger charge is 2.36. The van der Waals surface area contributed by atoms with Crippen LogP contribution in [0.3, 0.4) is 0 Å². The second-order valence-corrected chi connectivity index (χ2v) is 4.66. The smallest absolute Gasteiger partial charge is 0.229 e. The minimum absolute atomic E-state index is 0.144. The molecule has 1 unspecified atom stereocenters. The third kappa shape index (κ3) is 2.01. The summed E-state index contributed by atoms with van der Waals surface area (Å²) in [7, 11) is 0. The fraction of sp³-hybridized carbons (Fsp3) is 0.286. The minimum atomic E-state index is -0.803. The van der Waals surface area contributed by atoms with Gasteiger partial charge in [-0.2, -0.15) is 0 Å². The van der Waals surface area contributed by atoms with Crippen LogP contribution in [-0.4, -0.2) is 23.1 Å². The number of hydrogen-bond donors (Lipinski definition) is 0. The van der Waals surface area contributed by atoms with Gasteiger partial charge in [-0.05, 0) is 38.0 Å². The average molecular weight is 244 g/mol. The van der Waals surface area contributed by atoms with Crippen LogP contribution in [0.15, 0.2) is 34.9 Å². The molecule has 0 spiro atoms. The molecule has 0 fully saturated rings. The van der Waals surface area contributed by atoms with Crippen LogP contribution in [0.5, 0.6) is 0 Å². The Labute approximate surface area is 104 Å². The van der Waals surface area contributed by atoms with Crippen molar-refractivity contribution in [3.8, 4) is 0 Å². The highest BCUT2D eigenvalue weighted by molar-refractivity contribution is 6.51. The maximum Gasteiger partial charge on any atom is 0.229 e. The summed E-state index contributed by atoms with van der Waals surface area (Å²) in [4.78, 5) is 46.5. The van der Waals surface area contributed by atoms with Gasteiger partial charge in [0, 0.05) is 5.57 Å². The van der Waals surface area contributed by atoms with Crippen molar-refractivity contribution in [2.45, 2.75) is 20.3 Å². The van der Waals surface area contributed by atoms with Gasteiger partial charge in [0.15, 0.2) is 0 Å². The van der Waals surface area contributed by atoms with E-state index in [0.29, 0.717) is 12.0 Å². The molecule has 0 saturated carbocycles. The van der Waals surface area contributed by atoms with Crippen LogP contribution in [0.2, 0.25) is 0 Å². The lowest BCUT2D eigenvalue weighted by molar-refractivity contribution is -0.137. The van der Waals surface area contributed by atoms with Gasteiger partial charge < -0.3 is 0 Å². The molecule has 2 aliphatic carbocycles. The molecule has 4 heteroatoms. The summed E-state index contributed by atoms with van der Waals surface area (Å²) < 4.78 is 0. The Hall–Kier alpha value is -2.10. The monoisotopic (exact) mass is 244 g/mol. The first kappa shape index (κ1) is 12.4.